The Hall–Kier alpha value is -1.77. The molecule has 0 bridgehead atoms. The molecule has 3 rings (SSSR count). The summed E-state index contributed by atoms with van der Waals surface area (Å²) < 4.78 is 2.29. The molecule has 0 amide bonds. The maximum absolute atomic E-state index is 5.99. The highest BCUT2D eigenvalue weighted by Crippen LogP contribution is 2.31. The summed E-state index contributed by atoms with van der Waals surface area (Å²) in [6, 6.07) is 16.5. The normalized spacial score (nSPS) is 11.1. The van der Waals surface area contributed by atoms with E-state index in [0.717, 1.165) is 18.0 Å². The average molecular weight is 285 g/mol. The van der Waals surface area contributed by atoms with Crippen molar-refractivity contribution in [1.29, 1.82) is 0 Å². The molecule has 2 nitrogen and oxygen atoms in total. The predicted molar refractivity (Wildman–Crippen MR) is 86.1 cm³/mol. The highest BCUT2D eigenvalue weighted by atomic mass is 35.5. The van der Waals surface area contributed by atoms with E-state index < -0.39 is 0 Å². The van der Waals surface area contributed by atoms with Crippen LogP contribution in [0, 0.1) is 0 Å². The van der Waals surface area contributed by atoms with Gasteiger partial charge in [-0.3, -0.25) is 0 Å². The second kappa shape index (κ2) is 5.70. The average Bonchev–Trinajstić information content (AvgIpc) is 2.84. The number of rotatable bonds is 4. The summed E-state index contributed by atoms with van der Waals surface area (Å²) in [5.74, 6) is 0. The van der Waals surface area contributed by atoms with E-state index in [0.29, 0.717) is 6.54 Å². The number of aromatic nitrogens is 1. The first-order valence-corrected chi connectivity index (χ1v) is 7.21. The number of nitrogens with two attached hydrogens (primary N) is 1. The Morgan fingerprint density at radius 3 is 2.50 bits per heavy atom. The maximum Gasteiger partial charge on any atom is 0.0560 e. The van der Waals surface area contributed by atoms with E-state index in [2.05, 4.69) is 47.2 Å². The van der Waals surface area contributed by atoms with E-state index in [1.165, 1.54) is 22.0 Å². The minimum absolute atomic E-state index is 0.703. The summed E-state index contributed by atoms with van der Waals surface area (Å²) in [5.41, 5.74) is 8.08. The van der Waals surface area contributed by atoms with Crippen LogP contribution in [0.1, 0.15) is 6.42 Å². The van der Waals surface area contributed by atoms with Crippen LogP contribution < -0.4 is 5.73 Å². The highest BCUT2D eigenvalue weighted by Gasteiger charge is 2.10. The number of benzene rings is 2. The van der Waals surface area contributed by atoms with Gasteiger partial charge in [0.05, 0.1) is 5.69 Å². The standard InChI is InChI=1S/C17H17ClN2/c18-15-8-6-13(7-9-15)17-16-5-2-1-4-14(16)12-20(17)11-3-10-19/h1-2,4-9,12H,3,10-11,19H2. The number of hydrogen-bond acceptors (Lipinski definition) is 1. The van der Waals surface area contributed by atoms with E-state index in [1.807, 2.05) is 12.1 Å². The molecule has 102 valence electrons. The lowest BCUT2D eigenvalue weighted by Crippen LogP contribution is -2.05. The minimum Gasteiger partial charge on any atom is -0.346 e. The number of hydrogen-bond donors (Lipinski definition) is 1. The Morgan fingerprint density at radius 1 is 1.00 bits per heavy atom. The van der Waals surface area contributed by atoms with Crippen molar-refractivity contribution in [3.05, 3.63) is 59.8 Å². The summed E-state index contributed by atoms with van der Waals surface area (Å²) in [6.45, 7) is 1.64. The molecular weight excluding hydrogens is 268 g/mol. The summed E-state index contributed by atoms with van der Waals surface area (Å²) in [7, 11) is 0. The van der Waals surface area contributed by atoms with Crippen LogP contribution in [0.5, 0.6) is 0 Å². The zero-order chi connectivity index (χ0) is 13.9. The largest absolute Gasteiger partial charge is 0.346 e. The fourth-order valence-corrected chi connectivity index (χ4v) is 2.71. The van der Waals surface area contributed by atoms with Crippen LogP contribution in [0.3, 0.4) is 0 Å². The molecule has 3 aromatic rings. The number of halogens is 1. The van der Waals surface area contributed by atoms with Crippen molar-refractivity contribution >= 4 is 22.4 Å². The van der Waals surface area contributed by atoms with Crippen LogP contribution in [0.15, 0.2) is 54.7 Å². The van der Waals surface area contributed by atoms with E-state index in [4.69, 9.17) is 17.3 Å². The first kappa shape index (κ1) is 13.2. The molecule has 0 saturated heterocycles. The molecule has 0 fully saturated rings. The first-order valence-electron chi connectivity index (χ1n) is 6.83. The molecule has 0 spiro atoms. The molecule has 1 heterocycles. The summed E-state index contributed by atoms with van der Waals surface area (Å²) >= 11 is 5.99. The van der Waals surface area contributed by atoms with Gasteiger partial charge in [0.1, 0.15) is 0 Å². The molecule has 1 aromatic heterocycles. The molecule has 0 aliphatic heterocycles. The topological polar surface area (TPSA) is 30.9 Å². The van der Waals surface area contributed by atoms with E-state index in [9.17, 15) is 0 Å². The second-order valence-electron chi connectivity index (χ2n) is 4.91. The van der Waals surface area contributed by atoms with Crippen LogP contribution in [0.2, 0.25) is 5.02 Å². The van der Waals surface area contributed by atoms with Gasteiger partial charge in [0.2, 0.25) is 0 Å². The van der Waals surface area contributed by atoms with Crippen molar-refractivity contribution in [1.82, 2.24) is 4.57 Å². The smallest absolute Gasteiger partial charge is 0.0560 e. The number of nitrogens with zero attached hydrogens (tertiary/aromatic N) is 1. The maximum atomic E-state index is 5.99. The Bertz CT molecular complexity index is 713. The lowest BCUT2D eigenvalue weighted by atomic mass is 10.1. The van der Waals surface area contributed by atoms with Gasteiger partial charge in [0.25, 0.3) is 0 Å². The third kappa shape index (κ3) is 2.45. The molecule has 0 aliphatic rings. The van der Waals surface area contributed by atoms with Crippen molar-refractivity contribution in [2.45, 2.75) is 13.0 Å². The zero-order valence-electron chi connectivity index (χ0n) is 11.2. The lowest BCUT2D eigenvalue weighted by Gasteiger charge is -2.09. The third-order valence-electron chi connectivity index (χ3n) is 3.52. The number of fused-ring (bicyclic) bond motifs is 1. The Kier molecular flexibility index (Phi) is 3.77. The molecule has 20 heavy (non-hydrogen) atoms. The van der Waals surface area contributed by atoms with Gasteiger partial charge in [-0.2, -0.15) is 0 Å². The molecule has 3 heteroatoms. The fourth-order valence-electron chi connectivity index (χ4n) is 2.58. The molecule has 0 atom stereocenters. The van der Waals surface area contributed by atoms with Crippen molar-refractivity contribution in [3.63, 3.8) is 0 Å². The van der Waals surface area contributed by atoms with Crippen LogP contribution in [-0.4, -0.2) is 11.1 Å². The molecule has 2 N–H and O–H groups in total. The minimum atomic E-state index is 0.703. The van der Waals surface area contributed by atoms with Gasteiger partial charge in [0, 0.05) is 23.2 Å². The van der Waals surface area contributed by atoms with Crippen molar-refractivity contribution < 1.29 is 0 Å². The van der Waals surface area contributed by atoms with Gasteiger partial charge in [0.15, 0.2) is 0 Å². The molecule has 0 unspecified atom stereocenters. The lowest BCUT2D eigenvalue weighted by molar-refractivity contribution is 0.661. The summed E-state index contributed by atoms with van der Waals surface area (Å²) in [5, 5.41) is 3.29. The van der Waals surface area contributed by atoms with Crippen molar-refractivity contribution in [3.8, 4) is 11.3 Å². The van der Waals surface area contributed by atoms with Crippen molar-refractivity contribution in [2.75, 3.05) is 6.54 Å². The molecule has 0 radical (unpaired) electrons. The van der Waals surface area contributed by atoms with Gasteiger partial charge in [-0.25, -0.2) is 0 Å². The molecule has 0 aliphatic carbocycles. The molecule has 2 aromatic carbocycles. The SMILES string of the molecule is NCCCn1cc2ccccc2c1-c1ccc(Cl)cc1. The van der Waals surface area contributed by atoms with Gasteiger partial charge in [-0.1, -0.05) is 48.0 Å². The monoisotopic (exact) mass is 284 g/mol. The molecular formula is C17H17ClN2. The van der Waals surface area contributed by atoms with Crippen LogP contribution >= 0.6 is 11.6 Å². The first-order chi connectivity index (χ1) is 9.79. The Labute approximate surface area is 123 Å². The Balaban J connectivity index is 2.17. The van der Waals surface area contributed by atoms with Crippen LogP contribution in [0.25, 0.3) is 22.0 Å². The van der Waals surface area contributed by atoms with E-state index in [-0.39, 0.29) is 0 Å². The summed E-state index contributed by atoms with van der Waals surface area (Å²) in [6.07, 6.45) is 3.18. The number of aryl methyl sites for hydroxylation is 1. The second-order valence-corrected chi connectivity index (χ2v) is 5.34. The summed E-state index contributed by atoms with van der Waals surface area (Å²) in [4.78, 5) is 0. The van der Waals surface area contributed by atoms with Gasteiger partial charge >= 0.3 is 0 Å². The molecule has 0 saturated carbocycles. The third-order valence-corrected chi connectivity index (χ3v) is 3.77. The van der Waals surface area contributed by atoms with E-state index >= 15 is 0 Å². The van der Waals surface area contributed by atoms with Gasteiger partial charge < -0.3 is 10.3 Å². The van der Waals surface area contributed by atoms with Gasteiger partial charge in [-0.15, -0.1) is 0 Å². The van der Waals surface area contributed by atoms with Crippen LogP contribution in [0.4, 0.5) is 0 Å². The predicted octanol–water partition coefficient (Wildman–Crippen LogP) is 4.31. The highest BCUT2D eigenvalue weighted by molar-refractivity contribution is 6.30. The van der Waals surface area contributed by atoms with Crippen LogP contribution in [-0.2, 0) is 6.54 Å². The quantitative estimate of drug-likeness (QED) is 0.760. The Morgan fingerprint density at radius 2 is 1.75 bits per heavy atom. The van der Waals surface area contributed by atoms with E-state index in [1.54, 1.807) is 0 Å². The fraction of sp³-hybridized carbons (Fsp3) is 0.176. The van der Waals surface area contributed by atoms with Crippen molar-refractivity contribution in [2.24, 2.45) is 5.73 Å². The van der Waals surface area contributed by atoms with Gasteiger partial charge in [-0.05, 0) is 36.0 Å². The zero-order valence-corrected chi connectivity index (χ0v) is 12.0.